The first-order chi connectivity index (χ1) is 15.0. The molecule has 3 saturated carbocycles. The summed E-state index contributed by atoms with van der Waals surface area (Å²) in [6, 6.07) is 0. The Labute approximate surface area is 193 Å². The van der Waals surface area contributed by atoms with Gasteiger partial charge in [-0.05, 0) is 89.4 Å². The van der Waals surface area contributed by atoms with E-state index in [4.69, 9.17) is 4.74 Å². The molecule has 0 saturated heterocycles. The van der Waals surface area contributed by atoms with E-state index in [1.165, 1.54) is 39.2 Å². The quantitative estimate of drug-likeness (QED) is 0.409. The van der Waals surface area contributed by atoms with Gasteiger partial charge >= 0.3 is 5.97 Å². The molecule has 3 unspecified atom stereocenters. The number of carbonyl (C=O) groups is 3. The number of ether oxygens (including phenoxy) is 1. The molecule has 4 aliphatic carbocycles. The summed E-state index contributed by atoms with van der Waals surface area (Å²) in [6.07, 6.45) is 12.2. The van der Waals surface area contributed by atoms with E-state index >= 15 is 0 Å². The van der Waals surface area contributed by atoms with Crippen molar-refractivity contribution in [2.45, 2.75) is 86.0 Å². The molecule has 0 heterocycles. The lowest BCUT2D eigenvalue weighted by Crippen LogP contribution is -2.65. The second kappa shape index (κ2) is 7.81. The number of rotatable bonds is 4. The minimum atomic E-state index is -0.445. The molecule has 0 N–H and O–H groups in total. The number of methoxy groups -OCH3 is 1. The lowest BCUT2D eigenvalue weighted by molar-refractivity contribution is -0.218. The molecule has 3 fully saturated rings. The predicted octanol–water partition coefficient (Wildman–Crippen LogP) is 5.78. The molecule has 0 aliphatic heterocycles. The summed E-state index contributed by atoms with van der Waals surface area (Å²) in [5, 5.41) is 0. The van der Waals surface area contributed by atoms with Crippen LogP contribution in [0.1, 0.15) is 86.0 Å². The van der Waals surface area contributed by atoms with Gasteiger partial charge in [0.2, 0.25) is 0 Å². The molecule has 178 valence electrons. The van der Waals surface area contributed by atoms with E-state index in [0.29, 0.717) is 29.2 Å². The third-order valence-electron chi connectivity index (χ3n) is 11.3. The monoisotopic (exact) mass is 442 g/mol. The van der Waals surface area contributed by atoms with Crippen LogP contribution in [0, 0.1) is 51.2 Å². The summed E-state index contributed by atoms with van der Waals surface area (Å²) in [4.78, 5) is 36.9. The maximum atomic E-state index is 12.6. The van der Waals surface area contributed by atoms with Crippen molar-refractivity contribution < 1.29 is 19.1 Å². The molecule has 4 nitrogen and oxygen atoms in total. The van der Waals surface area contributed by atoms with Crippen molar-refractivity contribution in [2.75, 3.05) is 7.11 Å². The first kappa shape index (κ1) is 23.7. The Balaban J connectivity index is 1.85. The Morgan fingerprint density at radius 1 is 1.03 bits per heavy atom. The SMILES string of the molecule is COC(=O)C[C@@H]1CC2[C@@]3(C)CCCC(C)(C)C3CC[C@@]2(C)C2CC=C(C=O)[C@H](C=O)[C@]21C. The number of aldehydes is 2. The van der Waals surface area contributed by atoms with Crippen LogP contribution >= 0.6 is 0 Å². The fraction of sp³-hybridized carbons (Fsp3) is 0.821. The number of hydrogen-bond donors (Lipinski definition) is 0. The minimum absolute atomic E-state index is 0.0393. The molecule has 0 aromatic rings. The first-order valence-corrected chi connectivity index (χ1v) is 12.7. The summed E-state index contributed by atoms with van der Waals surface area (Å²) in [6.45, 7) is 12.1. The van der Waals surface area contributed by atoms with Crippen LogP contribution < -0.4 is 0 Å². The molecule has 0 radical (unpaired) electrons. The van der Waals surface area contributed by atoms with Crippen molar-refractivity contribution >= 4 is 18.5 Å². The van der Waals surface area contributed by atoms with Crippen molar-refractivity contribution in [3.8, 4) is 0 Å². The van der Waals surface area contributed by atoms with Crippen LogP contribution in [0.4, 0.5) is 0 Å². The molecule has 0 aromatic carbocycles. The van der Waals surface area contributed by atoms with Gasteiger partial charge in [-0.25, -0.2) is 0 Å². The van der Waals surface area contributed by atoms with E-state index in [0.717, 1.165) is 25.4 Å². The van der Waals surface area contributed by atoms with E-state index in [2.05, 4.69) is 34.6 Å². The van der Waals surface area contributed by atoms with E-state index in [1.54, 1.807) is 0 Å². The molecule has 0 bridgehead atoms. The predicted molar refractivity (Wildman–Crippen MR) is 125 cm³/mol. The summed E-state index contributed by atoms with van der Waals surface area (Å²) in [5.41, 5.74) is 0.895. The highest BCUT2D eigenvalue weighted by atomic mass is 16.5. The van der Waals surface area contributed by atoms with Gasteiger partial charge < -0.3 is 9.53 Å². The van der Waals surface area contributed by atoms with Gasteiger partial charge in [0.15, 0.2) is 0 Å². The number of fused-ring (bicyclic) bond motifs is 5. The Morgan fingerprint density at radius 3 is 2.34 bits per heavy atom. The molecule has 0 amide bonds. The normalized spacial score (nSPS) is 47.2. The van der Waals surface area contributed by atoms with Crippen LogP contribution in [-0.4, -0.2) is 25.7 Å². The second-order valence-electron chi connectivity index (χ2n) is 12.8. The summed E-state index contributed by atoms with van der Waals surface area (Å²) >= 11 is 0. The van der Waals surface area contributed by atoms with Gasteiger partial charge in [0.25, 0.3) is 0 Å². The van der Waals surface area contributed by atoms with Crippen LogP contribution in [0.2, 0.25) is 0 Å². The van der Waals surface area contributed by atoms with E-state index in [-0.39, 0.29) is 28.6 Å². The van der Waals surface area contributed by atoms with E-state index in [9.17, 15) is 14.4 Å². The molecule has 4 rings (SSSR count). The minimum Gasteiger partial charge on any atom is -0.469 e. The Hall–Kier alpha value is -1.45. The second-order valence-corrected chi connectivity index (χ2v) is 12.8. The Kier molecular flexibility index (Phi) is 5.78. The topological polar surface area (TPSA) is 60.4 Å². The van der Waals surface area contributed by atoms with Gasteiger partial charge in [-0.1, -0.05) is 47.1 Å². The molecule has 32 heavy (non-hydrogen) atoms. The summed E-state index contributed by atoms with van der Waals surface area (Å²) in [5.74, 6) is 0.880. The van der Waals surface area contributed by atoms with Crippen LogP contribution in [0.25, 0.3) is 0 Å². The van der Waals surface area contributed by atoms with Gasteiger partial charge in [0, 0.05) is 12.3 Å². The van der Waals surface area contributed by atoms with Crippen molar-refractivity contribution in [1.82, 2.24) is 0 Å². The molecule has 0 spiro atoms. The third kappa shape index (κ3) is 3.10. The Bertz CT molecular complexity index is 827. The van der Waals surface area contributed by atoms with Crippen molar-refractivity contribution in [3.63, 3.8) is 0 Å². The number of allylic oxidation sites excluding steroid dienone is 2. The highest BCUT2D eigenvalue weighted by Gasteiger charge is 2.68. The number of esters is 1. The van der Waals surface area contributed by atoms with Crippen LogP contribution in [0.15, 0.2) is 11.6 Å². The first-order valence-electron chi connectivity index (χ1n) is 12.7. The highest BCUT2D eigenvalue weighted by Crippen LogP contribution is 2.74. The highest BCUT2D eigenvalue weighted by molar-refractivity contribution is 5.82. The zero-order chi connectivity index (χ0) is 23.5. The number of carbonyl (C=O) groups excluding carboxylic acids is 3. The van der Waals surface area contributed by atoms with Gasteiger partial charge in [0.1, 0.15) is 12.6 Å². The lowest BCUT2D eigenvalue weighted by atomic mass is 9.33. The zero-order valence-electron chi connectivity index (χ0n) is 20.9. The lowest BCUT2D eigenvalue weighted by Gasteiger charge is -2.71. The fourth-order valence-electron chi connectivity index (χ4n) is 9.84. The molecule has 4 aliphatic rings. The molecular weight excluding hydrogens is 400 g/mol. The standard InChI is InChI=1S/C28H42O4/c1-25(2)11-7-12-26(3)21(25)10-13-27(4)22-9-8-18(16-29)20(17-30)28(22,5)19(14-23(26)27)15-24(31)32-6/h8,16-17,19-23H,7,9-15H2,1-6H3/t19-,20-,21?,22?,23?,26-,27-,28+/m0/s1. The largest absolute Gasteiger partial charge is 0.469 e. The molecule has 4 heteroatoms. The third-order valence-corrected chi connectivity index (χ3v) is 11.3. The van der Waals surface area contributed by atoms with Gasteiger partial charge in [-0.15, -0.1) is 0 Å². The Morgan fingerprint density at radius 2 is 1.72 bits per heavy atom. The summed E-state index contributed by atoms with van der Waals surface area (Å²) < 4.78 is 5.11. The van der Waals surface area contributed by atoms with Crippen LogP contribution in [-0.2, 0) is 19.1 Å². The number of hydrogen-bond acceptors (Lipinski definition) is 4. The average molecular weight is 443 g/mol. The fourth-order valence-corrected chi connectivity index (χ4v) is 9.84. The van der Waals surface area contributed by atoms with Crippen LogP contribution in [0.3, 0.4) is 0 Å². The molecular formula is C28H42O4. The van der Waals surface area contributed by atoms with Gasteiger partial charge in [0.05, 0.1) is 7.11 Å². The average Bonchev–Trinajstić information content (AvgIpc) is 2.73. The van der Waals surface area contributed by atoms with E-state index in [1.807, 2.05) is 6.08 Å². The molecule has 0 aromatic heterocycles. The van der Waals surface area contributed by atoms with Crippen molar-refractivity contribution in [2.24, 2.45) is 51.2 Å². The summed E-state index contributed by atoms with van der Waals surface area (Å²) in [7, 11) is 1.45. The maximum Gasteiger partial charge on any atom is 0.305 e. The van der Waals surface area contributed by atoms with Crippen molar-refractivity contribution in [1.29, 1.82) is 0 Å². The molecule has 8 atom stereocenters. The zero-order valence-corrected chi connectivity index (χ0v) is 20.9. The van der Waals surface area contributed by atoms with Crippen LogP contribution in [0.5, 0.6) is 0 Å². The van der Waals surface area contributed by atoms with Gasteiger partial charge in [-0.3, -0.25) is 9.59 Å². The van der Waals surface area contributed by atoms with Crippen molar-refractivity contribution in [3.05, 3.63) is 11.6 Å². The smallest absolute Gasteiger partial charge is 0.305 e. The van der Waals surface area contributed by atoms with Gasteiger partial charge in [-0.2, -0.15) is 0 Å². The van der Waals surface area contributed by atoms with E-state index < -0.39 is 11.3 Å². The maximum absolute atomic E-state index is 12.6.